The van der Waals surface area contributed by atoms with Crippen LogP contribution in [0.15, 0.2) is 55.1 Å². The van der Waals surface area contributed by atoms with Gasteiger partial charge in [0.1, 0.15) is 11.5 Å². The van der Waals surface area contributed by atoms with Crippen LogP contribution in [0.2, 0.25) is 10.0 Å². The molecule has 0 unspecified atom stereocenters. The smallest absolute Gasteiger partial charge is 0.274 e. The summed E-state index contributed by atoms with van der Waals surface area (Å²) in [5, 5.41) is 3.52. The van der Waals surface area contributed by atoms with Crippen LogP contribution in [0, 0.1) is 0 Å². The molecule has 1 saturated heterocycles. The summed E-state index contributed by atoms with van der Waals surface area (Å²) in [6.07, 6.45) is 6.11. The molecule has 158 valence electrons. The molecular formula is C21H18Cl2N6O2. The molecule has 1 fully saturated rings. The highest BCUT2D eigenvalue weighted by Crippen LogP contribution is 2.23. The molecule has 31 heavy (non-hydrogen) atoms. The Kier molecular flexibility index (Phi) is 6.29. The second-order valence-corrected chi connectivity index (χ2v) is 7.70. The van der Waals surface area contributed by atoms with E-state index in [1.165, 1.54) is 24.7 Å². The highest BCUT2D eigenvalue weighted by Gasteiger charge is 2.23. The number of halogens is 2. The third-order valence-electron chi connectivity index (χ3n) is 4.85. The maximum absolute atomic E-state index is 12.5. The molecule has 0 atom stereocenters. The normalized spacial score (nSPS) is 13.7. The van der Waals surface area contributed by atoms with Gasteiger partial charge in [-0.1, -0.05) is 23.2 Å². The Labute approximate surface area is 188 Å². The fourth-order valence-electron chi connectivity index (χ4n) is 3.23. The van der Waals surface area contributed by atoms with Gasteiger partial charge in [-0.3, -0.25) is 14.6 Å². The van der Waals surface area contributed by atoms with Crippen LogP contribution < -0.4 is 10.2 Å². The van der Waals surface area contributed by atoms with Crippen molar-refractivity contribution in [3.8, 4) is 0 Å². The first kappa shape index (κ1) is 21.0. The van der Waals surface area contributed by atoms with Gasteiger partial charge in [0, 0.05) is 43.6 Å². The van der Waals surface area contributed by atoms with Crippen molar-refractivity contribution in [3.63, 3.8) is 0 Å². The highest BCUT2D eigenvalue weighted by molar-refractivity contribution is 6.37. The summed E-state index contributed by atoms with van der Waals surface area (Å²) < 4.78 is 0. The van der Waals surface area contributed by atoms with Crippen LogP contribution in [0.3, 0.4) is 0 Å². The lowest BCUT2D eigenvalue weighted by atomic mass is 10.2. The van der Waals surface area contributed by atoms with Crippen molar-refractivity contribution < 1.29 is 9.59 Å². The topological polar surface area (TPSA) is 91.3 Å². The van der Waals surface area contributed by atoms with Crippen molar-refractivity contribution in [1.29, 1.82) is 0 Å². The van der Waals surface area contributed by atoms with Gasteiger partial charge in [-0.05, 0) is 30.3 Å². The average molecular weight is 457 g/mol. The zero-order valence-electron chi connectivity index (χ0n) is 16.3. The molecule has 3 heterocycles. The molecule has 2 amide bonds. The molecule has 1 aliphatic heterocycles. The molecule has 1 aliphatic rings. The molecular weight excluding hydrogens is 439 g/mol. The number of nitrogens with zero attached hydrogens (tertiary/aromatic N) is 5. The van der Waals surface area contributed by atoms with Crippen LogP contribution in [0.1, 0.15) is 20.8 Å². The fourth-order valence-corrected chi connectivity index (χ4v) is 3.72. The zero-order chi connectivity index (χ0) is 21.8. The Morgan fingerprint density at radius 3 is 2.39 bits per heavy atom. The van der Waals surface area contributed by atoms with Gasteiger partial charge in [0.15, 0.2) is 0 Å². The van der Waals surface area contributed by atoms with Crippen LogP contribution in [0.4, 0.5) is 11.5 Å². The maximum atomic E-state index is 12.5. The number of benzene rings is 1. The number of nitrogens with one attached hydrogen (secondary N) is 1. The molecule has 1 aromatic carbocycles. The average Bonchev–Trinajstić information content (AvgIpc) is 2.80. The molecule has 1 N–H and O–H groups in total. The highest BCUT2D eigenvalue weighted by atomic mass is 35.5. The molecule has 0 spiro atoms. The first-order chi connectivity index (χ1) is 15.0. The molecule has 0 bridgehead atoms. The van der Waals surface area contributed by atoms with Crippen molar-refractivity contribution >= 4 is 46.5 Å². The van der Waals surface area contributed by atoms with Gasteiger partial charge in [-0.2, -0.15) is 0 Å². The van der Waals surface area contributed by atoms with Crippen LogP contribution in [0.25, 0.3) is 0 Å². The summed E-state index contributed by atoms with van der Waals surface area (Å²) >= 11 is 12.0. The number of carbonyl (C=O) groups is 2. The van der Waals surface area contributed by atoms with Crippen LogP contribution in [0.5, 0.6) is 0 Å². The van der Waals surface area contributed by atoms with Crippen LogP contribution in [-0.2, 0) is 0 Å². The fraction of sp³-hybridized carbons (Fsp3) is 0.190. The number of rotatable bonds is 4. The lowest BCUT2D eigenvalue weighted by Gasteiger charge is -2.35. The van der Waals surface area contributed by atoms with Gasteiger partial charge in [-0.15, -0.1) is 0 Å². The van der Waals surface area contributed by atoms with E-state index < -0.39 is 0 Å². The Morgan fingerprint density at radius 1 is 0.935 bits per heavy atom. The van der Waals surface area contributed by atoms with Gasteiger partial charge in [0.05, 0.1) is 28.7 Å². The van der Waals surface area contributed by atoms with Gasteiger partial charge in [0.2, 0.25) is 0 Å². The third kappa shape index (κ3) is 4.92. The van der Waals surface area contributed by atoms with E-state index in [0.29, 0.717) is 48.1 Å². The summed E-state index contributed by atoms with van der Waals surface area (Å²) in [6, 6.07) is 8.32. The van der Waals surface area contributed by atoms with Crippen molar-refractivity contribution in [2.75, 3.05) is 36.4 Å². The number of hydrogen-bond donors (Lipinski definition) is 1. The van der Waals surface area contributed by atoms with Crippen molar-refractivity contribution in [3.05, 3.63) is 76.4 Å². The minimum absolute atomic E-state index is 0.125. The molecule has 2 aromatic heterocycles. The summed E-state index contributed by atoms with van der Waals surface area (Å²) in [4.78, 5) is 41.2. The second-order valence-electron chi connectivity index (χ2n) is 6.85. The number of hydrogen-bond acceptors (Lipinski definition) is 6. The summed E-state index contributed by atoms with van der Waals surface area (Å²) in [5.41, 5.74) is 1.23. The van der Waals surface area contributed by atoms with E-state index >= 15 is 0 Å². The van der Waals surface area contributed by atoms with Crippen molar-refractivity contribution in [2.24, 2.45) is 0 Å². The predicted octanol–water partition coefficient (Wildman–Crippen LogP) is 3.39. The van der Waals surface area contributed by atoms with E-state index in [2.05, 4.69) is 25.2 Å². The Bertz CT molecular complexity index is 1090. The predicted molar refractivity (Wildman–Crippen MR) is 119 cm³/mol. The largest absolute Gasteiger partial charge is 0.353 e. The zero-order valence-corrected chi connectivity index (χ0v) is 17.8. The van der Waals surface area contributed by atoms with Gasteiger partial charge in [0.25, 0.3) is 11.8 Å². The minimum atomic E-state index is -0.340. The van der Waals surface area contributed by atoms with Crippen molar-refractivity contribution in [2.45, 2.75) is 0 Å². The Hall–Kier alpha value is -3.23. The number of anilines is 2. The monoisotopic (exact) mass is 456 g/mol. The lowest BCUT2D eigenvalue weighted by molar-refractivity contribution is 0.0740. The van der Waals surface area contributed by atoms with E-state index in [-0.39, 0.29) is 16.8 Å². The first-order valence-corrected chi connectivity index (χ1v) is 10.3. The number of piperazine rings is 1. The summed E-state index contributed by atoms with van der Waals surface area (Å²) in [5.74, 6) is 0.307. The Balaban J connectivity index is 1.35. The van der Waals surface area contributed by atoms with E-state index in [1.54, 1.807) is 29.3 Å². The molecule has 0 aliphatic carbocycles. The number of carbonyl (C=O) groups excluding carboxylic acids is 2. The van der Waals surface area contributed by atoms with E-state index in [9.17, 15) is 9.59 Å². The lowest BCUT2D eigenvalue weighted by Crippen LogP contribution is -2.49. The van der Waals surface area contributed by atoms with E-state index in [1.807, 2.05) is 6.07 Å². The van der Waals surface area contributed by atoms with Gasteiger partial charge >= 0.3 is 0 Å². The number of pyridine rings is 1. The quantitative estimate of drug-likeness (QED) is 0.646. The standard InChI is InChI=1S/C21H18Cl2N6O2/c22-14-1-3-16(17(23)11-14)20(30)27-15-2-4-19(26-12-15)28-7-9-29(10-8-28)21(31)18-13-24-5-6-25-18/h1-6,11-13H,7-10H2,(H,27,30). The van der Waals surface area contributed by atoms with Crippen molar-refractivity contribution in [1.82, 2.24) is 19.9 Å². The molecule has 4 rings (SSSR count). The maximum Gasteiger partial charge on any atom is 0.274 e. The number of amides is 2. The van der Waals surface area contributed by atoms with Gasteiger partial charge < -0.3 is 15.1 Å². The molecule has 10 heteroatoms. The SMILES string of the molecule is O=C(Nc1ccc(N2CCN(C(=O)c3cnccn3)CC2)nc1)c1ccc(Cl)cc1Cl. The summed E-state index contributed by atoms with van der Waals surface area (Å²) in [6.45, 7) is 2.41. The van der Waals surface area contributed by atoms with Gasteiger partial charge in [-0.25, -0.2) is 9.97 Å². The Morgan fingerprint density at radius 2 is 1.74 bits per heavy atom. The molecule has 0 saturated carbocycles. The summed E-state index contributed by atoms with van der Waals surface area (Å²) in [7, 11) is 0. The van der Waals surface area contributed by atoms with Crippen LogP contribution >= 0.6 is 23.2 Å². The number of aromatic nitrogens is 3. The van der Waals surface area contributed by atoms with Crippen LogP contribution in [-0.4, -0.2) is 57.8 Å². The van der Waals surface area contributed by atoms with E-state index in [4.69, 9.17) is 23.2 Å². The van der Waals surface area contributed by atoms with E-state index in [0.717, 1.165) is 5.82 Å². The first-order valence-electron chi connectivity index (χ1n) is 9.54. The molecule has 8 nitrogen and oxygen atoms in total. The second kappa shape index (κ2) is 9.28. The third-order valence-corrected chi connectivity index (χ3v) is 5.40. The minimum Gasteiger partial charge on any atom is -0.353 e. The molecule has 3 aromatic rings. The molecule has 0 radical (unpaired) electrons.